The zero-order valence-electron chi connectivity index (χ0n) is 19.7. The molecule has 0 unspecified atom stereocenters. The van der Waals surface area contributed by atoms with Crippen LogP contribution in [0, 0.1) is 0 Å². The number of hydrogen-bond donors (Lipinski definition) is 2. The molecule has 0 saturated carbocycles. The van der Waals surface area contributed by atoms with Crippen LogP contribution in [0.3, 0.4) is 0 Å². The van der Waals surface area contributed by atoms with Gasteiger partial charge in [-0.2, -0.15) is 11.8 Å². The largest absolute Gasteiger partial charge is 0.478 e. The first-order chi connectivity index (χ1) is 16.9. The van der Waals surface area contributed by atoms with E-state index >= 15 is 0 Å². The van der Waals surface area contributed by atoms with Crippen LogP contribution in [0.25, 0.3) is 0 Å². The first kappa shape index (κ1) is 26.5. The lowest BCUT2D eigenvalue weighted by Crippen LogP contribution is -2.58. The number of nitrogens with one attached hydrogen (secondary N) is 1. The summed E-state index contributed by atoms with van der Waals surface area (Å²) in [5.74, 6) is -0.865. The molecular weight excluding hydrogens is 470 g/mol. The lowest BCUT2D eigenvalue weighted by Gasteiger charge is -2.33. The Hall–Kier alpha value is -3.11. The number of carboxylic acid groups (broad SMARTS) is 1. The van der Waals surface area contributed by atoms with Gasteiger partial charge >= 0.3 is 12.1 Å². The predicted octanol–water partition coefficient (Wildman–Crippen LogP) is 3.34. The smallest absolute Gasteiger partial charge is 0.415 e. The molecule has 1 aliphatic heterocycles. The fraction of sp³-hybridized carbons (Fsp3) is 0.440. The number of carboxylic acids is 1. The van der Waals surface area contributed by atoms with Gasteiger partial charge in [0, 0.05) is 25.6 Å². The van der Waals surface area contributed by atoms with E-state index in [0.717, 1.165) is 12.0 Å². The van der Waals surface area contributed by atoms with Gasteiger partial charge < -0.3 is 24.8 Å². The number of aliphatic carboxylic acids is 1. The minimum absolute atomic E-state index is 0.0399. The number of aromatic nitrogens is 1. The van der Waals surface area contributed by atoms with Crippen LogP contribution >= 0.6 is 11.8 Å². The highest BCUT2D eigenvalue weighted by Gasteiger charge is 2.43. The number of benzene rings is 1. The van der Waals surface area contributed by atoms with E-state index in [4.69, 9.17) is 9.47 Å². The normalized spacial score (nSPS) is 16.9. The van der Waals surface area contributed by atoms with Crippen LogP contribution in [0.4, 0.5) is 4.79 Å². The molecule has 2 N–H and O–H groups in total. The summed E-state index contributed by atoms with van der Waals surface area (Å²) in [6.45, 7) is 0.434. The second kappa shape index (κ2) is 13.1. The van der Waals surface area contributed by atoms with Gasteiger partial charge in [-0.05, 0) is 49.0 Å². The minimum Gasteiger partial charge on any atom is -0.478 e. The Balaban J connectivity index is 1.64. The third kappa shape index (κ3) is 7.69. The highest BCUT2D eigenvalue weighted by Crippen LogP contribution is 2.24. The summed E-state index contributed by atoms with van der Waals surface area (Å²) in [5, 5.41) is 12.7. The van der Waals surface area contributed by atoms with Crippen LogP contribution in [-0.2, 0) is 20.7 Å². The van der Waals surface area contributed by atoms with Crippen molar-refractivity contribution in [3.63, 3.8) is 0 Å². The Kier molecular flexibility index (Phi) is 9.92. The molecule has 2 amide bonds. The molecule has 0 radical (unpaired) electrons. The van der Waals surface area contributed by atoms with Gasteiger partial charge in [-0.25, -0.2) is 9.59 Å². The van der Waals surface area contributed by atoms with Crippen molar-refractivity contribution in [2.24, 2.45) is 0 Å². The molecular formula is C25H31N3O6S. The zero-order chi connectivity index (χ0) is 25.1. The minimum atomic E-state index is -1.88. The average molecular weight is 502 g/mol. The number of likely N-dealkylation sites (tertiary alicyclic amines) is 1. The number of pyridine rings is 1. The molecule has 1 fully saturated rings. The third-order valence-corrected chi connectivity index (χ3v) is 6.41. The Morgan fingerprint density at radius 1 is 1.23 bits per heavy atom. The van der Waals surface area contributed by atoms with Crippen molar-refractivity contribution in [1.29, 1.82) is 0 Å². The monoisotopic (exact) mass is 501 g/mol. The zero-order valence-corrected chi connectivity index (χ0v) is 20.5. The molecule has 1 saturated heterocycles. The van der Waals surface area contributed by atoms with Crippen molar-refractivity contribution in [3.8, 4) is 5.75 Å². The fourth-order valence-corrected chi connectivity index (χ4v) is 4.38. The van der Waals surface area contributed by atoms with Crippen molar-refractivity contribution in [3.05, 3.63) is 60.4 Å². The SMILES string of the molecule is CSCC[C@](NC(=O)CCc1ccccc1)(OC[C@@H]1CCCN1C(=O)Oc1cccnc1)C(=O)O. The van der Waals surface area contributed by atoms with Crippen molar-refractivity contribution < 1.29 is 29.0 Å². The maximum atomic E-state index is 12.7. The first-order valence-corrected chi connectivity index (χ1v) is 12.9. The highest BCUT2D eigenvalue weighted by atomic mass is 32.2. The number of carbonyl (C=O) groups excluding carboxylic acids is 2. The van der Waals surface area contributed by atoms with Crippen molar-refractivity contribution in [2.75, 3.05) is 25.2 Å². The predicted molar refractivity (Wildman–Crippen MR) is 132 cm³/mol. The summed E-state index contributed by atoms with van der Waals surface area (Å²) < 4.78 is 11.3. The molecule has 2 atom stereocenters. The molecule has 2 heterocycles. The molecule has 1 aliphatic rings. The second-order valence-corrected chi connectivity index (χ2v) is 9.25. The van der Waals surface area contributed by atoms with Crippen LogP contribution in [0.2, 0.25) is 0 Å². The quantitative estimate of drug-likeness (QED) is 0.425. The number of aryl methyl sites for hydroxylation is 1. The van der Waals surface area contributed by atoms with E-state index in [1.165, 1.54) is 22.9 Å². The number of nitrogens with zero attached hydrogens (tertiary/aromatic N) is 2. The number of hydrogen-bond acceptors (Lipinski definition) is 7. The van der Waals surface area contributed by atoms with Crippen LogP contribution in [0.1, 0.15) is 31.2 Å². The Morgan fingerprint density at radius 2 is 2.03 bits per heavy atom. The molecule has 1 aromatic heterocycles. The standard InChI is InChI=1S/C25H31N3O6S/c1-35-16-13-25(23(30)31,27-22(29)12-11-19-7-3-2-4-8-19)33-18-20-9-6-15-28(20)24(32)34-21-10-5-14-26-17-21/h2-5,7-8,10,14,17,20H,6,9,11-13,15-16,18H2,1H3,(H,27,29)(H,30,31)/t20-,25-/m0/s1. The van der Waals surface area contributed by atoms with Crippen LogP contribution in [0.15, 0.2) is 54.9 Å². The topological polar surface area (TPSA) is 118 Å². The first-order valence-electron chi connectivity index (χ1n) is 11.5. The van der Waals surface area contributed by atoms with E-state index in [-0.39, 0.29) is 25.5 Å². The lowest BCUT2D eigenvalue weighted by molar-refractivity contribution is -0.176. The molecule has 0 aliphatic carbocycles. The summed E-state index contributed by atoms with van der Waals surface area (Å²) >= 11 is 1.46. The van der Waals surface area contributed by atoms with E-state index in [0.29, 0.717) is 30.9 Å². The van der Waals surface area contributed by atoms with Crippen LogP contribution in [-0.4, -0.2) is 69.9 Å². The van der Waals surface area contributed by atoms with Gasteiger partial charge in [0.05, 0.1) is 18.8 Å². The summed E-state index contributed by atoms with van der Waals surface area (Å²) in [5.41, 5.74) is -0.888. The number of ether oxygens (including phenoxy) is 2. The summed E-state index contributed by atoms with van der Waals surface area (Å²) in [4.78, 5) is 43.2. The second-order valence-electron chi connectivity index (χ2n) is 8.27. The Morgan fingerprint density at radius 3 is 2.71 bits per heavy atom. The summed E-state index contributed by atoms with van der Waals surface area (Å²) in [6, 6.07) is 12.5. The molecule has 1 aromatic carbocycles. The third-order valence-electron chi connectivity index (χ3n) is 5.80. The Labute approximate surface area is 209 Å². The van der Waals surface area contributed by atoms with Crippen LogP contribution < -0.4 is 10.1 Å². The Bertz CT molecular complexity index is 978. The molecule has 188 valence electrons. The van der Waals surface area contributed by atoms with Crippen LogP contribution in [0.5, 0.6) is 5.75 Å². The number of thioether (sulfide) groups is 1. The maximum Gasteiger partial charge on any atom is 0.415 e. The van der Waals surface area contributed by atoms with Crippen molar-refractivity contribution in [2.45, 2.75) is 43.9 Å². The van der Waals surface area contributed by atoms with Gasteiger partial charge in [0.25, 0.3) is 0 Å². The van der Waals surface area contributed by atoms with Gasteiger partial charge in [0.15, 0.2) is 5.75 Å². The van der Waals surface area contributed by atoms with Gasteiger partial charge in [-0.3, -0.25) is 9.78 Å². The van der Waals surface area contributed by atoms with E-state index in [1.54, 1.807) is 18.3 Å². The highest BCUT2D eigenvalue weighted by molar-refractivity contribution is 7.98. The molecule has 2 aromatic rings. The fourth-order valence-electron chi connectivity index (χ4n) is 3.88. The van der Waals surface area contributed by atoms with Crippen molar-refractivity contribution >= 4 is 29.7 Å². The summed E-state index contributed by atoms with van der Waals surface area (Å²) in [6.07, 6.45) is 6.44. The van der Waals surface area contributed by atoms with E-state index in [2.05, 4.69) is 10.3 Å². The molecule has 0 spiro atoms. The van der Waals surface area contributed by atoms with E-state index < -0.39 is 23.7 Å². The number of amides is 2. The van der Waals surface area contributed by atoms with E-state index in [9.17, 15) is 19.5 Å². The molecule has 0 bridgehead atoms. The molecule has 9 nitrogen and oxygen atoms in total. The number of carbonyl (C=O) groups is 3. The lowest BCUT2D eigenvalue weighted by atomic mass is 10.1. The van der Waals surface area contributed by atoms with Gasteiger partial charge in [-0.1, -0.05) is 30.3 Å². The molecule has 10 heteroatoms. The van der Waals surface area contributed by atoms with Gasteiger partial charge in [0.1, 0.15) is 0 Å². The van der Waals surface area contributed by atoms with E-state index in [1.807, 2.05) is 36.6 Å². The maximum absolute atomic E-state index is 12.7. The number of rotatable bonds is 12. The average Bonchev–Trinajstić information content (AvgIpc) is 3.34. The van der Waals surface area contributed by atoms with Gasteiger partial charge in [0.2, 0.25) is 11.6 Å². The summed E-state index contributed by atoms with van der Waals surface area (Å²) in [7, 11) is 0. The molecule has 35 heavy (non-hydrogen) atoms. The molecule has 3 rings (SSSR count). The van der Waals surface area contributed by atoms with Crippen molar-refractivity contribution in [1.82, 2.24) is 15.2 Å². The van der Waals surface area contributed by atoms with Gasteiger partial charge in [-0.15, -0.1) is 0 Å².